The van der Waals surface area contributed by atoms with Crippen LogP contribution in [0.3, 0.4) is 0 Å². The predicted molar refractivity (Wildman–Crippen MR) is 61.6 cm³/mol. The van der Waals surface area contributed by atoms with Crippen LogP contribution in [0.4, 0.5) is 0 Å². The van der Waals surface area contributed by atoms with Gasteiger partial charge in [0.05, 0.1) is 6.33 Å². The van der Waals surface area contributed by atoms with Crippen LogP contribution in [0.25, 0.3) is 0 Å². The molecule has 1 aromatic rings. The molecule has 1 aromatic heterocycles. The third-order valence-electron chi connectivity index (χ3n) is 1.94. The Morgan fingerprint density at radius 3 is 3.07 bits per heavy atom. The van der Waals surface area contributed by atoms with E-state index >= 15 is 0 Å². The molecule has 0 amide bonds. The Kier molecular flexibility index (Phi) is 4.66. The van der Waals surface area contributed by atoms with Crippen molar-refractivity contribution in [3.05, 3.63) is 18.7 Å². The molecule has 0 aliphatic heterocycles. The summed E-state index contributed by atoms with van der Waals surface area (Å²) in [6, 6.07) is 0.250. The van der Waals surface area contributed by atoms with Gasteiger partial charge in [0, 0.05) is 31.5 Å². The van der Waals surface area contributed by atoms with E-state index in [9.17, 15) is 0 Å². The first-order valence-electron chi connectivity index (χ1n) is 5.24. The van der Waals surface area contributed by atoms with Gasteiger partial charge in [-0.05, 0) is 13.3 Å². The van der Waals surface area contributed by atoms with E-state index in [-0.39, 0.29) is 6.04 Å². The number of aromatic nitrogens is 2. The van der Waals surface area contributed by atoms with Gasteiger partial charge in [0.15, 0.2) is 5.96 Å². The number of hydrogen-bond donors (Lipinski definition) is 2. The molecule has 1 unspecified atom stereocenters. The molecule has 3 N–H and O–H groups in total. The van der Waals surface area contributed by atoms with Gasteiger partial charge < -0.3 is 15.6 Å². The van der Waals surface area contributed by atoms with Gasteiger partial charge in [0.2, 0.25) is 0 Å². The number of rotatable bonds is 5. The SMILES string of the molecule is CCCN=C(N)NC(C)Cn1ccnc1. The molecule has 5 heteroatoms. The van der Waals surface area contributed by atoms with E-state index < -0.39 is 0 Å². The molecule has 0 aliphatic rings. The molecule has 5 nitrogen and oxygen atoms in total. The van der Waals surface area contributed by atoms with Crippen LogP contribution in [0, 0.1) is 0 Å². The molecular formula is C10H19N5. The minimum absolute atomic E-state index is 0.250. The van der Waals surface area contributed by atoms with Gasteiger partial charge >= 0.3 is 0 Å². The van der Waals surface area contributed by atoms with Crippen molar-refractivity contribution in [2.75, 3.05) is 6.54 Å². The molecule has 84 valence electrons. The van der Waals surface area contributed by atoms with Gasteiger partial charge in [-0.1, -0.05) is 6.92 Å². The molecule has 0 bridgehead atoms. The lowest BCUT2D eigenvalue weighted by molar-refractivity contribution is 0.543. The van der Waals surface area contributed by atoms with Crippen molar-refractivity contribution < 1.29 is 0 Å². The zero-order valence-corrected chi connectivity index (χ0v) is 9.35. The highest BCUT2D eigenvalue weighted by atomic mass is 15.1. The van der Waals surface area contributed by atoms with Crippen LogP contribution in [-0.2, 0) is 6.54 Å². The molecule has 0 spiro atoms. The Balaban J connectivity index is 2.32. The molecule has 0 saturated heterocycles. The van der Waals surface area contributed by atoms with E-state index in [1.165, 1.54) is 0 Å². The largest absolute Gasteiger partial charge is 0.370 e. The molecule has 1 heterocycles. The Hall–Kier alpha value is -1.52. The minimum atomic E-state index is 0.250. The second kappa shape index (κ2) is 6.06. The van der Waals surface area contributed by atoms with E-state index in [0.717, 1.165) is 19.5 Å². The van der Waals surface area contributed by atoms with Crippen LogP contribution >= 0.6 is 0 Å². The Morgan fingerprint density at radius 2 is 2.47 bits per heavy atom. The number of imidazole rings is 1. The highest BCUT2D eigenvalue weighted by molar-refractivity contribution is 5.78. The number of nitrogens with two attached hydrogens (primary N) is 1. The van der Waals surface area contributed by atoms with Gasteiger partial charge in [0.1, 0.15) is 0 Å². The second-order valence-electron chi connectivity index (χ2n) is 3.57. The molecule has 0 aromatic carbocycles. The lowest BCUT2D eigenvalue weighted by Crippen LogP contribution is -2.40. The minimum Gasteiger partial charge on any atom is -0.370 e. The van der Waals surface area contributed by atoms with E-state index in [1.807, 2.05) is 10.8 Å². The summed E-state index contributed by atoms with van der Waals surface area (Å²) in [5.74, 6) is 0.518. The van der Waals surface area contributed by atoms with Crippen molar-refractivity contribution >= 4 is 5.96 Å². The summed E-state index contributed by atoms with van der Waals surface area (Å²) in [7, 11) is 0. The zero-order valence-electron chi connectivity index (χ0n) is 9.35. The summed E-state index contributed by atoms with van der Waals surface area (Å²) in [4.78, 5) is 8.15. The summed E-state index contributed by atoms with van der Waals surface area (Å²) in [5.41, 5.74) is 5.70. The molecule has 1 atom stereocenters. The summed E-state index contributed by atoms with van der Waals surface area (Å²) in [6.45, 7) is 5.75. The lowest BCUT2D eigenvalue weighted by Gasteiger charge is -2.14. The monoisotopic (exact) mass is 209 g/mol. The van der Waals surface area contributed by atoms with Crippen molar-refractivity contribution in [1.29, 1.82) is 0 Å². The Morgan fingerprint density at radius 1 is 1.67 bits per heavy atom. The van der Waals surface area contributed by atoms with Crippen molar-refractivity contribution in [1.82, 2.24) is 14.9 Å². The molecule has 0 radical (unpaired) electrons. The normalized spacial score (nSPS) is 13.9. The highest BCUT2D eigenvalue weighted by Gasteiger charge is 2.02. The third-order valence-corrected chi connectivity index (χ3v) is 1.94. The van der Waals surface area contributed by atoms with Gasteiger partial charge in [-0.3, -0.25) is 4.99 Å². The number of aliphatic imine (C=N–C) groups is 1. The van der Waals surface area contributed by atoms with Crippen molar-refractivity contribution in [3.63, 3.8) is 0 Å². The molecular weight excluding hydrogens is 190 g/mol. The Labute approximate surface area is 90.4 Å². The molecule has 1 rings (SSSR count). The first-order chi connectivity index (χ1) is 7.22. The van der Waals surface area contributed by atoms with Gasteiger partial charge in [-0.2, -0.15) is 0 Å². The second-order valence-corrected chi connectivity index (χ2v) is 3.57. The topological polar surface area (TPSA) is 68.2 Å². The predicted octanol–water partition coefficient (Wildman–Crippen LogP) is 0.586. The third kappa shape index (κ3) is 4.49. The fourth-order valence-electron chi connectivity index (χ4n) is 1.29. The number of guanidine groups is 1. The maximum Gasteiger partial charge on any atom is 0.188 e. The van der Waals surface area contributed by atoms with E-state index in [4.69, 9.17) is 5.73 Å². The lowest BCUT2D eigenvalue weighted by atomic mass is 10.3. The smallest absolute Gasteiger partial charge is 0.188 e. The fourth-order valence-corrected chi connectivity index (χ4v) is 1.29. The highest BCUT2D eigenvalue weighted by Crippen LogP contribution is 1.91. The van der Waals surface area contributed by atoms with Crippen LogP contribution in [0.2, 0.25) is 0 Å². The Bertz CT molecular complexity index is 291. The van der Waals surface area contributed by atoms with E-state index in [1.54, 1.807) is 12.5 Å². The summed E-state index contributed by atoms with van der Waals surface area (Å²) < 4.78 is 2.00. The maximum atomic E-state index is 5.70. The number of nitrogens with one attached hydrogen (secondary N) is 1. The quantitative estimate of drug-likeness (QED) is 0.551. The van der Waals surface area contributed by atoms with Crippen LogP contribution in [-0.4, -0.2) is 28.1 Å². The molecule has 15 heavy (non-hydrogen) atoms. The maximum absolute atomic E-state index is 5.70. The number of nitrogens with zero attached hydrogens (tertiary/aromatic N) is 3. The first kappa shape index (κ1) is 11.6. The van der Waals surface area contributed by atoms with E-state index in [0.29, 0.717) is 5.96 Å². The van der Waals surface area contributed by atoms with Crippen LogP contribution in [0.15, 0.2) is 23.7 Å². The fraction of sp³-hybridized carbons (Fsp3) is 0.600. The van der Waals surface area contributed by atoms with Crippen LogP contribution in [0.1, 0.15) is 20.3 Å². The van der Waals surface area contributed by atoms with Crippen molar-refractivity contribution in [3.8, 4) is 0 Å². The van der Waals surface area contributed by atoms with Gasteiger partial charge in [-0.25, -0.2) is 4.98 Å². The van der Waals surface area contributed by atoms with Crippen LogP contribution < -0.4 is 11.1 Å². The molecule has 0 fully saturated rings. The molecule has 0 aliphatic carbocycles. The zero-order chi connectivity index (χ0) is 11.1. The van der Waals surface area contributed by atoms with Gasteiger partial charge in [-0.15, -0.1) is 0 Å². The number of hydrogen-bond acceptors (Lipinski definition) is 2. The first-order valence-corrected chi connectivity index (χ1v) is 5.24. The molecule has 0 saturated carbocycles. The summed E-state index contributed by atoms with van der Waals surface area (Å²) >= 11 is 0. The average molecular weight is 209 g/mol. The summed E-state index contributed by atoms with van der Waals surface area (Å²) in [6.07, 6.45) is 6.49. The van der Waals surface area contributed by atoms with Gasteiger partial charge in [0.25, 0.3) is 0 Å². The average Bonchev–Trinajstić information content (AvgIpc) is 2.67. The summed E-state index contributed by atoms with van der Waals surface area (Å²) in [5, 5.41) is 3.13. The van der Waals surface area contributed by atoms with Crippen molar-refractivity contribution in [2.45, 2.75) is 32.9 Å². The standard InChI is InChI=1S/C10H19N5/c1-3-4-13-10(11)14-9(2)7-15-6-5-12-8-15/h5-6,8-9H,3-4,7H2,1-2H3,(H3,11,13,14). The van der Waals surface area contributed by atoms with E-state index in [2.05, 4.69) is 29.1 Å². The van der Waals surface area contributed by atoms with Crippen molar-refractivity contribution in [2.24, 2.45) is 10.7 Å². The van der Waals surface area contributed by atoms with Crippen LogP contribution in [0.5, 0.6) is 0 Å².